The molecule has 12 aromatic rings. The van der Waals surface area contributed by atoms with Gasteiger partial charge in [0, 0.05) is 49.1 Å². The van der Waals surface area contributed by atoms with Crippen molar-refractivity contribution in [3.63, 3.8) is 0 Å². The molecule has 0 spiro atoms. The third-order valence-corrected chi connectivity index (χ3v) is 12.3. The molecule has 0 radical (unpaired) electrons. The zero-order valence-electron chi connectivity index (χ0n) is 32.7. The van der Waals surface area contributed by atoms with Crippen LogP contribution in [0.2, 0.25) is 0 Å². The molecule has 3 nitrogen and oxygen atoms in total. The second-order valence-electron chi connectivity index (χ2n) is 15.8. The van der Waals surface area contributed by atoms with E-state index in [4.69, 9.17) is 8.83 Å². The molecule has 0 saturated heterocycles. The van der Waals surface area contributed by atoms with E-state index in [2.05, 4.69) is 188 Å². The van der Waals surface area contributed by atoms with E-state index < -0.39 is 0 Å². The predicted molar refractivity (Wildman–Crippen MR) is 247 cm³/mol. The number of aromatic nitrogens is 1. The molecular weight excluding hydrogens is 719 g/mol. The van der Waals surface area contributed by atoms with Gasteiger partial charge in [-0.25, -0.2) is 0 Å². The van der Waals surface area contributed by atoms with Gasteiger partial charge in [-0.2, -0.15) is 0 Å². The molecule has 9 aromatic carbocycles. The SMILES string of the molecule is Cc1ccccc1-c1cc(-c2ccc3c(c2)c2cc(-c4cccc5c4oc4ccccc45)ccc2n3-c2ccc(-c3cccc4c3oc3ccccc34)cc2)ccc1C. The number of hydrogen-bond acceptors (Lipinski definition) is 2. The number of nitrogens with zero attached hydrogens (tertiary/aromatic N) is 1. The predicted octanol–water partition coefficient (Wildman–Crippen LogP) is 15.9. The minimum absolute atomic E-state index is 0.903. The van der Waals surface area contributed by atoms with Crippen molar-refractivity contribution in [2.24, 2.45) is 0 Å². The molecule has 3 aromatic heterocycles. The van der Waals surface area contributed by atoms with Gasteiger partial charge in [0.05, 0.1) is 11.0 Å². The van der Waals surface area contributed by atoms with Crippen molar-refractivity contribution in [1.29, 1.82) is 0 Å². The van der Waals surface area contributed by atoms with Gasteiger partial charge < -0.3 is 13.4 Å². The van der Waals surface area contributed by atoms with Crippen LogP contribution in [-0.2, 0) is 0 Å². The van der Waals surface area contributed by atoms with E-state index in [-0.39, 0.29) is 0 Å². The molecule has 0 aliphatic rings. The van der Waals surface area contributed by atoms with E-state index in [0.29, 0.717) is 0 Å². The van der Waals surface area contributed by atoms with E-state index in [9.17, 15) is 0 Å². The Labute approximate surface area is 341 Å². The molecule has 0 unspecified atom stereocenters. The maximum atomic E-state index is 6.53. The van der Waals surface area contributed by atoms with Crippen molar-refractivity contribution in [1.82, 2.24) is 4.57 Å². The fourth-order valence-electron chi connectivity index (χ4n) is 9.35. The highest BCUT2D eigenvalue weighted by molar-refractivity contribution is 6.14. The van der Waals surface area contributed by atoms with Crippen LogP contribution in [0.4, 0.5) is 0 Å². The minimum Gasteiger partial charge on any atom is -0.455 e. The Morgan fingerprint density at radius 2 is 0.797 bits per heavy atom. The highest BCUT2D eigenvalue weighted by Gasteiger charge is 2.19. The molecule has 278 valence electrons. The van der Waals surface area contributed by atoms with Gasteiger partial charge in [-0.1, -0.05) is 133 Å². The van der Waals surface area contributed by atoms with Gasteiger partial charge in [-0.05, 0) is 113 Å². The number of aryl methyl sites for hydroxylation is 2. The molecule has 0 aliphatic carbocycles. The van der Waals surface area contributed by atoms with E-state index in [0.717, 1.165) is 82.9 Å². The van der Waals surface area contributed by atoms with Gasteiger partial charge in [-0.3, -0.25) is 0 Å². The summed E-state index contributed by atoms with van der Waals surface area (Å²) >= 11 is 0. The number of para-hydroxylation sites is 4. The smallest absolute Gasteiger partial charge is 0.143 e. The Balaban J connectivity index is 1.05. The highest BCUT2D eigenvalue weighted by Crippen LogP contribution is 2.42. The molecule has 3 heteroatoms. The van der Waals surface area contributed by atoms with Gasteiger partial charge in [0.25, 0.3) is 0 Å². The van der Waals surface area contributed by atoms with Crippen LogP contribution >= 0.6 is 0 Å². The fourth-order valence-corrected chi connectivity index (χ4v) is 9.35. The molecule has 0 N–H and O–H groups in total. The number of fused-ring (bicyclic) bond motifs is 9. The lowest BCUT2D eigenvalue weighted by Gasteiger charge is -2.13. The zero-order valence-corrected chi connectivity index (χ0v) is 32.7. The molecule has 59 heavy (non-hydrogen) atoms. The third kappa shape index (κ3) is 5.21. The second-order valence-corrected chi connectivity index (χ2v) is 15.8. The average molecular weight is 756 g/mol. The normalized spacial score (nSPS) is 11.9. The van der Waals surface area contributed by atoms with Crippen LogP contribution < -0.4 is 0 Å². The first-order chi connectivity index (χ1) is 29.1. The van der Waals surface area contributed by atoms with E-state index in [1.165, 1.54) is 44.2 Å². The van der Waals surface area contributed by atoms with Crippen LogP contribution in [-0.4, -0.2) is 4.57 Å². The molecule has 0 amide bonds. The zero-order chi connectivity index (χ0) is 39.2. The summed E-state index contributed by atoms with van der Waals surface area (Å²) in [6.07, 6.45) is 0. The van der Waals surface area contributed by atoms with Crippen LogP contribution in [0, 0.1) is 13.8 Å². The summed E-state index contributed by atoms with van der Waals surface area (Å²) in [6.45, 7) is 4.40. The van der Waals surface area contributed by atoms with E-state index in [1.54, 1.807) is 0 Å². The maximum Gasteiger partial charge on any atom is 0.143 e. The van der Waals surface area contributed by atoms with Crippen molar-refractivity contribution in [3.05, 3.63) is 199 Å². The van der Waals surface area contributed by atoms with Crippen molar-refractivity contribution < 1.29 is 8.83 Å². The summed E-state index contributed by atoms with van der Waals surface area (Å²) in [5, 5.41) is 6.92. The summed E-state index contributed by atoms with van der Waals surface area (Å²) in [7, 11) is 0. The summed E-state index contributed by atoms with van der Waals surface area (Å²) in [4.78, 5) is 0. The third-order valence-electron chi connectivity index (χ3n) is 12.3. The van der Waals surface area contributed by atoms with E-state index in [1.807, 2.05) is 18.2 Å². The average Bonchev–Trinajstić information content (AvgIpc) is 3.96. The monoisotopic (exact) mass is 755 g/mol. The summed E-state index contributed by atoms with van der Waals surface area (Å²) in [6, 6.07) is 67.7. The Morgan fingerprint density at radius 3 is 1.46 bits per heavy atom. The topological polar surface area (TPSA) is 31.2 Å². The lowest BCUT2D eigenvalue weighted by atomic mass is 9.92. The van der Waals surface area contributed by atoms with Gasteiger partial charge >= 0.3 is 0 Å². The standard InChI is InChI=1S/C56H37NO2/c1-34-11-3-4-12-41(34)48-31-37(22-21-35(48)2)38-25-29-51-49(32-38)50-33-39(43-16-10-18-47-45-14-6-8-20-54(45)59-56(43)47)26-30-52(50)57(51)40-27-23-36(24-28-40)42-15-9-17-46-44-13-5-7-19-53(44)58-55(42)46/h3-33H,1-2H3. The molecule has 0 atom stereocenters. The molecule has 0 saturated carbocycles. The van der Waals surface area contributed by atoms with Crippen LogP contribution in [0.15, 0.2) is 197 Å². The van der Waals surface area contributed by atoms with Crippen LogP contribution in [0.1, 0.15) is 11.1 Å². The minimum atomic E-state index is 0.903. The summed E-state index contributed by atoms with van der Waals surface area (Å²) < 4.78 is 15.4. The van der Waals surface area contributed by atoms with Crippen LogP contribution in [0.5, 0.6) is 0 Å². The number of benzene rings is 9. The van der Waals surface area contributed by atoms with Gasteiger partial charge in [0.1, 0.15) is 22.3 Å². The van der Waals surface area contributed by atoms with Crippen molar-refractivity contribution in [3.8, 4) is 50.2 Å². The Bertz CT molecular complexity index is 3630. The second kappa shape index (κ2) is 13.0. The number of hydrogen-bond donors (Lipinski definition) is 0. The Hall–Kier alpha value is -7.62. The van der Waals surface area contributed by atoms with Crippen molar-refractivity contribution >= 4 is 65.7 Å². The van der Waals surface area contributed by atoms with Gasteiger partial charge in [-0.15, -0.1) is 0 Å². The summed E-state index contributed by atoms with van der Waals surface area (Å²) in [5.74, 6) is 0. The van der Waals surface area contributed by atoms with Crippen LogP contribution in [0.25, 0.3) is 116 Å². The first-order valence-corrected chi connectivity index (χ1v) is 20.2. The molecule has 0 fully saturated rings. The quantitative estimate of drug-likeness (QED) is 0.175. The molecule has 12 rings (SSSR count). The largest absolute Gasteiger partial charge is 0.455 e. The van der Waals surface area contributed by atoms with Crippen LogP contribution in [0.3, 0.4) is 0 Å². The molecule has 0 aliphatic heterocycles. The van der Waals surface area contributed by atoms with Crippen molar-refractivity contribution in [2.45, 2.75) is 13.8 Å². The van der Waals surface area contributed by atoms with Gasteiger partial charge in [0.2, 0.25) is 0 Å². The lowest BCUT2D eigenvalue weighted by molar-refractivity contribution is 0.669. The fraction of sp³-hybridized carbons (Fsp3) is 0.0357. The molecule has 3 heterocycles. The van der Waals surface area contributed by atoms with E-state index >= 15 is 0 Å². The van der Waals surface area contributed by atoms with Gasteiger partial charge in [0.15, 0.2) is 0 Å². The Kier molecular flexibility index (Phi) is 7.36. The number of rotatable bonds is 5. The lowest BCUT2D eigenvalue weighted by Crippen LogP contribution is -1.94. The Morgan fingerprint density at radius 1 is 0.322 bits per heavy atom. The first-order valence-electron chi connectivity index (χ1n) is 20.2. The highest BCUT2D eigenvalue weighted by atomic mass is 16.3. The number of furan rings is 2. The van der Waals surface area contributed by atoms with Crippen molar-refractivity contribution in [2.75, 3.05) is 0 Å². The molecule has 0 bridgehead atoms. The molecular formula is C56H37NO2. The summed E-state index contributed by atoms with van der Waals surface area (Å²) in [5.41, 5.74) is 18.9. The first kappa shape index (κ1) is 33.5. The maximum absolute atomic E-state index is 6.53.